The highest BCUT2D eigenvalue weighted by Gasteiger charge is 2.53. The molecule has 0 saturated carbocycles. The summed E-state index contributed by atoms with van der Waals surface area (Å²) in [5, 5.41) is 10.9. The molecule has 0 spiro atoms. The van der Waals surface area contributed by atoms with E-state index in [1.807, 2.05) is 12.1 Å². The van der Waals surface area contributed by atoms with Crippen molar-refractivity contribution in [3.8, 4) is 17.2 Å². The summed E-state index contributed by atoms with van der Waals surface area (Å²) in [6.45, 7) is 4.31. The monoisotopic (exact) mass is 630 g/mol. The Morgan fingerprint density at radius 1 is 0.930 bits per heavy atom. The fraction of sp³-hybridized carbons (Fsp3) is 0.467. The van der Waals surface area contributed by atoms with Gasteiger partial charge >= 0.3 is 23.9 Å². The molecule has 13 heteroatoms. The molecule has 43 heavy (non-hydrogen) atoms. The van der Waals surface area contributed by atoms with E-state index in [-0.39, 0.29) is 16.8 Å². The van der Waals surface area contributed by atoms with E-state index in [1.165, 1.54) is 13.8 Å². The number of rotatable bonds is 7. The van der Waals surface area contributed by atoms with Gasteiger partial charge in [0.1, 0.15) is 23.4 Å². The molecule has 228 valence electrons. The Labute approximate surface area is 258 Å². The molecule has 1 saturated heterocycles. The summed E-state index contributed by atoms with van der Waals surface area (Å²) < 4.78 is 30.2. The van der Waals surface area contributed by atoms with Crippen molar-refractivity contribution in [3.63, 3.8) is 0 Å². The standard InChI is InChI=1S/C30H31ClN2O9S/c1-15(34)38-14-24-26(39-16(2)35)27(40-17(3)36)28(41-18(4)37)29(42-24)33-23-8-6-5-7-21(23)25(22(13-32)30(33)43)19-9-11-20(31)12-10-19/h9-12,24,26-29H,5-8,14H2,1-4H3/t24-,26-,27+,28+,29-/m1/s1. The zero-order valence-corrected chi connectivity index (χ0v) is 25.7. The van der Waals surface area contributed by atoms with Crippen molar-refractivity contribution in [2.45, 2.75) is 84.0 Å². The molecule has 4 rings (SSSR count). The van der Waals surface area contributed by atoms with Crippen LogP contribution < -0.4 is 0 Å². The summed E-state index contributed by atoms with van der Waals surface area (Å²) in [6, 6.07) is 9.35. The molecule has 1 aromatic heterocycles. The van der Waals surface area contributed by atoms with Crippen LogP contribution in [0.4, 0.5) is 0 Å². The quantitative estimate of drug-likeness (QED) is 0.241. The smallest absolute Gasteiger partial charge is 0.303 e. The second-order valence-corrected chi connectivity index (χ2v) is 11.1. The zero-order valence-electron chi connectivity index (χ0n) is 24.1. The van der Waals surface area contributed by atoms with Crippen molar-refractivity contribution in [1.82, 2.24) is 4.57 Å². The highest BCUT2D eigenvalue weighted by molar-refractivity contribution is 7.71. The summed E-state index contributed by atoms with van der Waals surface area (Å²) in [5.74, 6) is -2.82. The first-order valence-electron chi connectivity index (χ1n) is 13.7. The van der Waals surface area contributed by atoms with Crippen LogP contribution in [0.5, 0.6) is 0 Å². The Morgan fingerprint density at radius 2 is 1.51 bits per heavy atom. The third kappa shape index (κ3) is 7.06. The normalized spacial score (nSPS) is 22.8. The molecule has 0 N–H and O–H groups in total. The van der Waals surface area contributed by atoms with E-state index in [0.29, 0.717) is 23.4 Å². The minimum Gasteiger partial charge on any atom is -0.463 e. The number of ether oxygens (including phenoxy) is 5. The maximum atomic E-state index is 12.4. The van der Waals surface area contributed by atoms with Gasteiger partial charge in [0.2, 0.25) is 0 Å². The number of benzene rings is 1. The third-order valence-corrected chi connectivity index (χ3v) is 7.83. The van der Waals surface area contributed by atoms with Gasteiger partial charge in [-0.05, 0) is 48.9 Å². The zero-order chi connectivity index (χ0) is 31.4. The SMILES string of the molecule is CC(=O)OC[C@H]1O[C@@H](n2c3c(c(-c4ccc(Cl)cc4)c(C#N)c2=S)CCCC3)[C@@H](OC(C)=O)[C@@H](OC(C)=O)[C@@H]1OC(C)=O. The lowest BCUT2D eigenvalue weighted by atomic mass is 9.86. The highest BCUT2D eigenvalue weighted by atomic mass is 35.5. The molecule has 1 aliphatic heterocycles. The maximum Gasteiger partial charge on any atom is 0.303 e. The molecule has 11 nitrogen and oxygen atoms in total. The number of nitrogens with zero attached hydrogens (tertiary/aromatic N) is 2. The summed E-state index contributed by atoms with van der Waals surface area (Å²) >= 11 is 12.1. The average molecular weight is 631 g/mol. The lowest BCUT2D eigenvalue weighted by molar-refractivity contribution is -0.269. The minimum absolute atomic E-state index is 0.106. The largest absolute Gasteiger partial charge is 0.463 e. The summed E-state index contributed by atoms with van der Waals surface area (Å²) in [7, 11) is 0. The maximum absolute atomic E-state index is 12.4. The van der Waals surface area contributed by atoms with Crippen LogP contribution >= 0.6 is 23.8 Å². The van der Waals surface area contributed by atoms with Gasteiger partial charge in [-0.25, -0.2) is 0 Å². The predicted molar refractivity (Wildman–Crippen MR) is 154 cm³/mol. The minimum atomic E-state index is -1.37. The first-order chi connectivity index (χ1) is 20.4. The number of halogens is 1. The van der Waals surface area contributed by atoms with E-state index >= 15 is 0 Å². The van der Waals surface area contributed by atoms with Crippen molar-refractivity contribution < 1.29 is 42.9 Å². The van der Waals surface area contributed by atoms with Crippen LogP contribution in [0.15, 0.2) is 24.3 Å². The van der Waals surface area contributed by atoms with Crippen molar-refractivity contribution in [1.29, 1.82) is 5.26 Å². The van der Waals surface area contributed by atoms with E-state index in [0.717, 1.165) is 43.5 Å². The van der Waals surface area contributed by atoms with Crippen LogP contribution in [-0.4, -0.2) is 59.5 Å². The molecular weight excluding hydrogens is 600 g/mol. The lowest BCUT2D eigenvalue weighted by Gasteiger charge is -2.46. The second kappa shape index (κ2) is 13.7. The Morgan fingerprint density at radius 3 is 2.09 bits per heavy atom. The average Bonchev–Trinajstić information content (AvgIpc) is 2.94. The van der Waals surface area contributed by atoms with Crippen molar-refractivity contribution in [3.05, 3.63) is 50.7 Å². The molecule has 2 heterocycles. The number of pyridine rings is 1. The fourth-order valence-corrected chi connectivity index (χ4v) is 6.13. The van der Waals surface area contributed by atoms with Gasteiger partial charge in [0.15, 0.2) is 24.5 Å². The number of carbonyl (C=O) groups excluding carboxylic acids is 4. The number of hydrogen-bond donors (Lipinski definition) is 0. The molecule has 0 bridgehead atoms. The van der Waals surface area contributed by atoms with Crippen LogP contribution in [0.25, 0.3) is 11.1 Å². The number of fused-ring (bicyclic) bond motifs is 1. The summed E-state index contributed by atoms with van der Waals surface area (Å²) in [6.07, 6.45) is -3.59. The lowest BCUT2D eigenvalue weighted by Crippen LogP contribution is -2.61. The second-order valence-electron chi connectivity index (χ2n) is 10.3. The first kappa shape index (κ1) is 32.1. The third-order valence-electron chi connectivity index (χ3n) is 7.18. The van der Waals surface area contributed by atoms with E-state index in [1.54, 1.807) is 16.7 Å². The van der Waals surface area contributed by atoms with Crippen molar-refractivity contribution >= 4 is 47.7 Å². The number of esters is 4. The van der Waals surface area contributed by atoms with Gasteiger partial charge in [0.05, 0.1) is 5.56 Å². The van der Waals surface area contributed by atoms with E-state index in [4.69, 9.17) is 47.5 Å². The Kier molecular flexibility index (Phi) is 10.2. The number of nitriles is 1. The van der Waals surface area contributed by atoms with Gasteiger partial charge in [-0.3, -0.25) is 19.2 Å². The number of carbonyl (C=O) groups is 4. The van der Waals surface area contributed by atoms with Crippen molar-refractivity contribution in [2.24, 2.45) is 0 Å². The topological polar surface area (TPSA) is 143 Å². The Bertz CT molecular complexity index is 1530. The summed E-state index contributed by atoms with van der Waals surface area (Å²) in [5.41, 5.74) is 3.26. The number of aromatic nitrogens is 1. The van der Waals surface area contributed by atoms with Gasteiger partial charge < -0.3 is 28.3 Å². The molecule has 0 amide bonds. The van der Waals surface area contributed by atoms with E-state index in [9.17, 15) is 24.4 Å². The molecule has 1 fully saturated rings. The van der Waals surface area contributed by atoms with E-state index in [2.05, 4.69) is 6.07 Å². The molecule has 1 aliphatic carbocycles. The van der Waals surface area contributed by atoms with E-state index < -0.39 is 54.5 Å². The molecular formula is C30H31ClN2O9S. The number of hydrogen-bond acceptors (Lipinski definition) is 11. The molecule has 2 aliphatic rings. The van der Waals surface area contributed by atoms with Gasteiger partial charge in [0, 0.05) is 44.0 Å². The molecule has 0 radical (unpaired) electrons. The molecule has 1 aromatic carbocycles. The van der Waals surface area contributed by atoms with Crippen LogP contribution in [0, 0.1) is 16.0 Å². The molecule has 2 aromatic rings. The molecule has 5 atom stereocenters. The van der Waals surface area contributed by atoms with Crippen molar-refractivity contribution in [2.75, 3.05) is 6.61 Å². The first-order valence-corrected chi connectivity index (χ1v) is 14.5. The van der Waals surface area contributed by atoms with Crippen LogP contribution in [0.1, 0.15) is 63.6 Å². The Hall–Kier alpha value is -3.79. The van der Waals surface area contributed by atoms with Crippen LogP contribution in [0.3, 0.4) is 0 Å². The van der Waals surface area contributed by atoms with Gasteiger partial charge in [-0.1, -0.05) is 36.0 Å². The molecule has 0 unspecified atom stereocenters. The van der Waals surface area contributed by atoms with Crippen LogP contribution in [-0.2, 0) is 55.7 Å². The predicted octanol–water partition coefficient (Wildman–Crippen LogP) is 4.54. The highest BCUT2D eigenvalue weighted by Crippen LogP contribution is 2.41. The summed E-state index contributed by atoms with van der Waals surface area (Å²) in [4.78, 5) is 48.6. The van der Waals surface area contributed by atoms with Crippen LogP contribution in [0.2, 0.25) is 5.02 Å². The van der Waals surface area contributed by atoms with Gasteiger partial charge in [0.25, 0.3) is 0 Å². The van der Waals surface area contributed by atoms with Gasteiger partial charge in [-0.2, -0.15) is 5.26 Å². The van der Waals surface area contributed by atoms with Gasteiger partial charge in [-0.15, -0.1) is 0 Å². The fourth-order valence-electron chi connectivity index (χ4n) is 5.65. The Balaban J connectivity index is 1.99.